The normalized spacial score (nSPS) is 11.2. The maximum atomic E-state index is 2.27. The maximum absolute atomic E-state index is 2.27. The average molecular weight is 251 g/mol. The summed E-state index contributed by atoms with van der Waals surface area (Å²) < 4.78 is 0. The molecule has 0 aliphatic heterocycles. The Morgan fingerprint density at radius 1 is 1.12 bits per heavy atom. The molecule has 2 rings (SSSR count). The predicted molar refractivity (Wildman–Crippen MR) is 74.5 cm³/mol. The molecule has 0 aromatic carbocycles. The lowest BCUT2D eigenvalue weighted by molar-refractivity contribution is 0.401. The van der Waals surface area contributed by atoms with Crippen molar-refractivity contribution < 1.29 is 0 Å². The number of nitrogens with zero attached hydrogens (tertiary/aromatic N) is 1. The molecule has 0 radical (unpaired) electrons. The van der Waals surface area contributed by atoms with Gasteiger partial charge < -0.3 is 4.90 Å². The maximum Gasteiger partial charge on any atom is 0.0445 e. The quantitative estimate of drug-likeness (QED) is 0.777. The molecule has 0 N–H and O–H groups in total. The van der Waals surface area contributed by atoms with Gasteiger partial charge in [0.25, 0.3) is 0 Å². The molecule has 0 aliphatic carbocycles. The van der Waals surface area contributed by atoms with E-state index in [9.17, 15) is 0 Å². The molecule has 0 amide bonds. The molecule has 0 saturated heterocycles. The zero-order chi connectivity index (χ0) is 11.4. The van der Waals surface area contributed by atoms with Crippen LogP contribution < -0.4 is 0 Å². The van der Waals surface area contributed by atoms with Gasteiger partial charge in [-0.3, -0.25) is 0 Å². The fourth-order valence-electron chi connectivity index (χ4n) is 1.63. The van der Waals surface area contributed by atoms with Crippen molar-refractivity contribution in [3.63, 3.8) is 0 Å². The lowest BCUT2D eigenvalue weighted by atomic mass is 10.2. The molecule has 0 bridgehead atoms. The largest absolute Gasteiger partial charge is 0.309 e. The van der Waals surface area contributed by atoms with Gasteiger partial charge in [0.2, 0.25) is 0 Å². The molecule has 2 aromatic rings. The highest BCUT2D eigenvalue weighted by atomic mass is 32.1. The van der Waals surface area contributed by atoms with Gasteiger partial charge in [-0.2, -0.15) is 0 Å². The summed E-state index contributed by atoms with van der Waals surface area (Å²) >= 11 is 3.75. The monoisotopic (exact) mass is 251 g/mol. The van der Waals surface area contributed by atoms with Crippen molar-refractivity contribution in [3.05, 3.63) is 34.5 Å². The second-order valence-electron chi connectivity index (χ2n) is 4.15. The third kappa shape index (κ3) is 3.17. The molecule has 0 saturated carbocycles. The Kier molecular flexibility index (Phi) is 4.16. The van der Waals surface area contributed by atoms with Crippen LogP contribution >= 0.6 is 22.7 Å². The van der Waals surface area contributed by atoms with Crippen LogP contribution in [0.3, 0.4) is 0 Å². The highest BCUT2D eigenvalue weighted by Gasteiger charge is 2.03. The van der Waals surface area contributed by atoms with Crippen LogP contribution in [0.15, 0.2) is 29.6 Å². The molecular formula is C13H17NS2. The van der Waals surface area contributed by atoms with Crippen molar-refractivity contribution in [2.24, 2.45) is 0 Å². The number of hydrogen-bond donors (Lipinski definition) is 0. The number of rotatable bonds is 5. The highest BCUT2D eigenvalue weighted by molar-refractivity contribution is 7.21. The van der Waals surface area contributed by atoms with E-state index in [4.69, 9.17) is 0 Å². The van der Waals surface area contributed by atoms with Crippen molar-refractivity contribution in [1.29, 1.82) is 0 Å². The molecule has 2 heterocycles. The van der Waals surface area contributed by atoms with E-state index in [1.807, 2.05) is 22.7 Å². The second-order valence-corrected chi connectivity index (χ2v) is 6.27. The SMILES string of the molecule is CN(C)CCCc1ccc(-c2cccs2)s1. The molecule has 0 unspecified atom stereocenters. The summed E-state index contributed by atoms with van der Waals surface area (Å²) in [6.07, 6.45) is 2.45. The van der Waals surface area contributed by atoms with Gasteiger partial charge in [0, 0.05) is 14.6 Å². The van der Waals surface area contributed by atoms with Crippen molar-refractivity contribution in [2.75, 3.05) is 20.6 Å². The van der Waals surface area contributed by atoms with Crippen LogP contribution in [0.4, 0.5) is 0 Å². The minimum Gasteiger partial charge on any atom is -0.309 e. The topological polar surface area (TPSA) is 3.24 Å². The van der Waals surface area contributed by atoms with Gasteiger partial charge in [-0.25, -0.2) is 0 Å². The summed E-state index contributed by atoms with van der Waals surface area (Å²) in [6.45, 7) is 1.17. The molecule has 86 valence electrons. The highest BCUT2D eigenvalue weighted by Crippen LogP contribution is 2.31. The first-order valence-corrected chi connectivity index (χ1v) is 7.22. The molecule has 16 heavy (non-hydrogen) atoms. The van der Waals surface area contributed by atoms with E-state index in [-0.39, 0.29) is 0 Å². The first-order valence-electron chi connectivity index (χ1n) is 5.53. The Balaban J connectivity index is 1.93. The Morgan fingerprint density at radius 3 is 2.69 bits per heavy atom. The van der Waals surface area contributed by atoms with Crippen LogP contribution in [0.1, 0.15) is 11.3 Å². The van der Waals surface area contributed by atoms with Gasteiger partial charge in [0.15, 0.2) is 0 Å². The van der Waals surface area contributed by atoms with E-state index < -0.39 is 0 Å². The summed E-state index contributed by atoms with van der Waals surface area (Å²) in [6, 6.07) is 8.84. The Hall–Kier alpha value is -0.640. The van der Waals surface area contributed by atoms with Gasteiger partial charge >= 0.3 is 0 Å². The molecule has 0 atom stereocenters. The van der Waals surface area contributed by atoms with Crippen molar-refractivity contribution >= 4 is 22.7 Å². The molecular weight excluding hydrogens is 234 g/mol. The summed E-state index contributed by atoms with van der Waals surface area (Å²) in [5.74, 6) is 0. The summed E-state index contributed by atoms with van der Waals surface area (Å²) in [5.41, 5.74) is 0. The zero-order valence-corrected chi connectivity index (χ0v) is 11.4. The second kappa shape index (κ2) is 5.62. The third-order valence-corrected chi connectivity index (χ3v) is 4.66. The lowest BCUT2D eigenvalue weighted by Crippen LogP contribution is -2.13. The number of hydrogen-bond acceptors (Lipinski definition) is 3. The standard InChI is InChI=1S/C13H17NS2/c1-14(2)9-3-5-11-7-8-13(16-11)12-6-4-10-15-12/h4,6-8,10H,3,5,9H2,1-2H3. The summed E-state index contributed by atoms with van der Waals surface area (Å²) in [4.78, 5) is 6.55. The third-order valence-electron chi connectivity index (χ3n) is 2.45. The Bertz CT molecular complexity index is 415. The molecule has 0 spiro atoms. The van der Waals surface area contributed by atoms with Gasteiger partial charge in [0.1, 0.15) is 0 Å². The smallest absolute Gasteiger partial charge is 0.0445 e. The van der Waals surface area contributed by atoms with Gasteiger partial charge in [0.05, 0.1) is 0 Å². The van der Waals surface area contributed by atoms with Crippen LogP contribution in [0.2, 0.25) is 0 Å². The number of thiophene rings is 2. The lowest BCUT2D eigenvalue weighted by Gasteiger charge is -2.07. The minimum atomic E-state index is 1.17. The Morgan fingerprint density at radius 2 is 2.00 bits per heavy atom. The fourth-order valence-corrected chi connectivity index (χ4v) is 3.52. The predicted octanol–water partition coefficient (Wildman–Crippen LogP) is 3.97. The minimum absolute atomic E-state index is 1.17. The van der Waals surface area contributed by atoms with E-state index in [1.165, 1.54) is 34.0 Å². The van der Waals surface area contributed by atoms with E-state index in [0.717, 1.165) is 0 Å². The summed E-state index contributed by atoms with van der Waals surface area (Å²) in [5, 5.41) is 2.14. The first-order chi connectivity index (χ1) is 7.75. The van der Waals surface area contributed by atoms with E-state index >= 15 is 0 Å². The molecule has 1 nitrogen and oxygen atoms in total. The van der Waals surface area contributed by atoms with Crippen LogP contribution in [0, 0.1) is 0 Å². The zero-order valence-electron chi connectivity index (χ0n) is 9.77. The van der Waals surface area contributed by atoms with E-state index in [1.54, 1.807) is 0 Å². The molecule has 0 aliphatic rings. The van der Waals surface area contributed by atoms with Crippen molar-refractivity contribution in [2.45, 2.75) is 12.8 Å². The summed E-state index contributed by atoms with van der Waals surface area (Å²) in [7, 11) is 4.26. The van der Waals surface area contributed by atoms with E-state index in [0.29, 0.717) is 0 Å². The van der Waals surface area contributed by atoms with Crippen molar-refractivity contribution in [1.82, 2.24) is 4.90 Å². The van der Waals surface area contributed by atoms with Crippen LogP contribution in [-0.2, 0) is 6.42 Å². The van der Waals surface area contributed by atoms with Crippen LogP contribution in [0.25, 0.3) is 9.75 Å². The number of aryl methyl sites for hydroxylation is 1. The van der Waals surface area contributed by atoms with Gasteiger partial charge in [-0.1, -0.05) is 6.07 Å². The fraction of sp³-hybridized carbons (Fsp3) is 0.385. The van der Waals surface area contributed by atoms with Gasteiger partial charge in [-0.05, 0) is 57.1 Å². The van der Waals surface area contributed by atoms with Gasteiger partial charge in [-0.15, -0.1) is 22.7 Å². The molecule has 3 heteroatoms. The van der Waals surface area contributed by atoms with Crippen LogP contribution in [0.5, 0.6) is 0 Å². The Labute approximate surface area is 105 Å². The molecule has 2 aromatic heterocycles. The van der Waals surface area contributed by atoms with E-state index in [2.05, 4.69) is 48.6 Å². The van der Waals surface area contributed by atoms with Crippen molar-refractivity contribution in [3.8, 4) is 9.75 Å². The first kappa shape index (κ1) is 11.8. The average Bonchev–Trinajstić information content (AvgIpc) is 2.85. The van der Waals surface area contributed by atoms with Crippen LogP contribution in [-0.4, -0.2) is 25.5 Å². The molecule has 0 fully saturated rings.